The molecule has 1 N–H and O–H groups in total. The molecule has 0 amide bonds. The van der Waals surface area contributed by atoms with Crippen LogP contribution >= 0.6 is 0 Å². The van der Waals surface area contributed by atoms with E-state index in [9.17, 15) is 13.2 Å². The Morgan fingerprint density at radius 3 is 2.52 bits per heavy atom. The highest BCUT2D eigenvalue weighted by molar-refractivity contribution is 7.90. The van der Waals surface area contributed by atoms with Gasteiger partial charge in [0.1, 0.15) is 9.84 Å². The van der Waals surface area contributed by atoms with Gasteiger partial charge in [-0.1, -0.05) is 23.8 Å². The van der Waals surface area contributed by atoms with Crippen LogP contribution in [0.25, 0.3) is 17.1 Å². The molecule has 3 aromatic rings. The summed E-state index contributed by atoms with van der Waals surface area (Å²) in [5, 5.41) is 0. The Kier molecular flexibility index (Phi) is 6.59. The van der Waals surface area contributed by atoms with Gasteiger partial charge in [0.25, 0.3) is 0 Å². The number of fused-ring (bicyclic) bond motifs is 1. The molecule has 31 heavy (non-hydrogen) atoms. The number of rotatable bonds is 8. The Labute approximate surface area is 182 Å². The number of H-pyrrole nitrogens is 1. The van der Waals surface area contributed by atoms with Crippen molar-refractivity contribution in [3.63, 3.8) is 0 Å². The fourth-order valence-electron chi connectivity index (χ4n) is 3.66. The number of aromatic amines is 1. The minimum absolute atomic E-state index is 0.229. The van der Waals surface area contributed by atoms with E-state index in [0.29, 0.717) is 34.7 Å². The number of benzene rings is 2. The molecule has 0 aliphatic rings. The van der Waals surface area contributed by atoms with Crippen LogP contribution in [0.15, 0.2) is 46.8 Å². The molecule has 0 fully saturated rings. The Balaban J connectivity index is 2.21. The van der Waals surface area contributed by atoms with E-state index in [1.54, 1.807) is 25.3 Å². The lowest BCUT2D eigenvalue weighted by Crippen LogP contribution is -2.28. The number of nitrogens with zero attached hydrogens (tertiary/aromatic N) is 1. The molecule has 1 atom stereocenters. The van der Waals surface area contributed by atoms with Crippen molar-refractivity contribution in [3.05, 3.63) is 63.6 Å². The van der Waals surface area contributed by atoms with Gasteiger partial charge in [-0.25, -0.2) is 13.2 Å². The van der Waals surface area contributed by atoms with E-state index in [-0.39, 0.29) is 11.4 Å². The van der Waals surface area contributed by atoms with Gasteiger partial charge in [0, 0.05) is 6.26 Å². The number of allylic oxidation sites excluding steroid dienone is 1. The number of ether oxygens (including phenoxy) is 2. The quantitative estimate of drug-likeness (QED) is 0.571. The number of nitrogens with one attached hydrogen (secondary N) is 1. The van der Waals surface area contributed by atoms with Crippen LogP contribution in [0.5, 0.6) is 11.5 Å². The monoisotopic (exact) mass is 444 g/mol. The maximum atomic E-state index is 12.9. The highest BCUT2D eigenvalue weighted by Gasteiger charge is 2.25. The third-order valence-electron chi connectivity index (χ3n) is 4.84. The summed E-state index contributed by atoms with van der Waals surface area (Å²) in [6, 6.07) is 10.1. The lowest BCUT2D eigenvalue weighted by Gasteiger charge is -2.20. The molecule has 1 aromatic heterocycles. The molecule has 0 aliphatic carbocycles. The second-order valence-electron chi connectivity index (χ2n) is 7.75. The van der Waals surface area contributed by atoms with Crippen molar-refractivity contribution in [1.29, 1.82) is 0 Å². The van der Waals surface area contributed by atoms with Gasteiger partial charge in [0.2, 0.25) is 0 Å². The maximum Gasteiger partial charge on any atom is 0.327 e. The predicted octanol–water partition coefficient (Wildman–Crippen LogP) is 3.79. The summed E-state index contributed by atoms with van der Waals surface area (Å²) in [6.45, 7) is 6.28. The summed E-state index contributed by atoms with van der Waals surface area (Å²) in [5.74, 6) is 0.814. The molecular weight excluding hydrogens is 416 g/mol. The van der Waals surface area contributed by atoms with Crippen LogP contribution in [0.1, 0.15) is 37.9 Å². The molecule has 7 nitrogen and oxygen atoms in total. The molecule has 0 saturated carbocycles. The standard InChI is InChI=1S/C23H28N2O5S/c1-6-30-22-13-17(8-10-21(22)29-4)20(14-31(5,27)28)25-19-9-7-16(11-15(2)3)12-18(19)24-23(25)26/h7-13,20H,6,14H2,1-5H3,(H,24,26)/t20-/m1/s1. The van der Waals surface area contributed by atoms with Gasteiger partial charge in [-0.15, -0.1) is 0 Å². The summed E-state index contributed by atoms with van der Waals surface area (Å²) >= 11 is 0. The molecule has 2 aromatic carbocycles. The van der Waals surface area contributed by atoms with Crippen molar-refractivity contribution in [2.24, 2.45) is 0 Å². The molecule has 0 aliphatic heterocycles. The summed E-state index contributed by atoms with van der Waals surface area (Å²) < 4.78 is 37.1. The van der Waals surface area contributed by atoms with Crippen molar-refractivity contribution in [3.8, 4) is 11.5 Å². The summed E-state index contributed by atoms with van der Waals surface area (Å²) in [4.78, 5) is 15.8. The number of hydrogen-bond acceptors (Lipinski definition) is 5. The molecule has 3 rings (SSSR count). The van der Waals surface area contributed by atoms with E-state index in [0.717, 1.165) is 11.1 Å². The van der Waals surface area contributed by atoms with Crippen molar-refractivity contribution in [2.45, 2.75) is 26.8 Å². The molecule has 0 spiro atoms. The first-order valence-electron chi connectivity index (χ1n) is 10.0. The Morgan fingerprint density at radius 2 is 1.90 bits per heavy atom. The number of methoxy groups -OCH3 is 1. The second-order valence-corrected chi connectivity index (χ2v) is 9.93. The van der Waals surface area contributed by atoms with Crippen molar-refractivity contribution >= 4 is 26.9 Å². The zero-order valence-electron chi connectivity index (χ0n) is 18.4. The van der Waals surface area contributed by atoms with E-state index in [1.807, 2.05) is 45.0 Å². The van der Waals surface area contributed by atoms with Crippen LogP contribution in [0.3, 0.4) is 0 Å². The van der Waals surface area contributed by atoms with Gasteiger partial charge in [-0.2, -0.15) is 0 Å². The minimum atomic E-state index is -3.40. The fraction of sp³-hybridized carbons (Fsp3) is 0.348. The van der Waals surface area contributed by atoms with Crippen LogP contribution in [-0.4, -0.2) is 43.7 Å². The molecule has 0 unspecified atom stereocenters. The van der Waals surface area contributed by atoms with Gasteiger partial charge in [-0.05, 0) is 56.2 Å². The third kappa shape index (κ3) is 5.19. The zero-order valence-corrected chi connectivity index (χ0v) is 19.2. The van der Waals surface area contributed by atoms with Crippen LogP contribution in [0.2, 0.25) is 0 Å². The van der Waals surface area contributed by atoms with Crippen LogP contribution in [0, 0.1) is 0 Å². The van der Waals surface area contributed by atoms with Crippen LogP contribution < -0.4 is 15.2 Å². The molecule has 0 saturated heterocycles. The van der Waals surface area contributed by atoms with Crippen LogP contribution in [-0.2, 0) is 9.84 Å². The van der Waals surface area contributed by atoms with E-state index in [2.05, 4.69) is 4.98 Å². The van der Waals surface area contributed by atoms with Crippen LogP contribution in [0.4, 0.5) is 0 Å². The average Bonchev–Trinajstić information content (AvgIpc) is 3.00. The molecule has 0 radical (unpaired) electrons. The topological polar surface area (TPSA) is 90.4 Å². The molecule has 8 heteroatoms. The van der Waals surface area contributed by atoms with E-state index < -0.39 is 15.9 Å². The highest BCUT2D eigenvalue weighted by Crippen LogP contribution is 2.33. The first kappa shape index (κ1) is 22.7. The smallest absolute Gasteiger partial charge is 0.327 e. The summed E-state index contributed by atoms with van der Waals surface area (Å²) in [5.41, 5.74) is 3.66. The first-order chi connectivity index (χ1) is 14.6. The molecule has 166 valence electrons. The SMILES string of the molecule is CCOc1cc([C@@H](CS(C)(=O)=O)n2c(=O)[nH]c3cc(C=C(C)C)ccc32)ccc1OC. The van der Waals surface area contributed by atoms with E-state index in [4.69, 9.17) is 9.47 Å². The number of aromatic nitrogens is 2. The normalized spacial score (nSPS) is 12.5. The van der Waals surface area contributed by atoms with Gasteiger partial charge < -0.3 is 14.5 Å². The van der Waals surface area contributed by atoms with Crippen molar-refractivity contribution < 1.29 is 17.9 Å². The van der Waals surface area contributed by atoms with Gasteiger partial charge in [0.15, 0.2) is 11.5 Å². The second kappa shape index (κ2) is 9.01. The van der Waals surface area contributed by atoms with Crippen molar-refractivity contribution in [2.75, 3.05) is 25.7 Å². The minimum Gasteiger partial charge on any atom is -0.493 e. The molecular formula is C23H28N2O5S. The number of imidazole rings is 1. The molecule has 0 bridgehead atoms. The zero-order chi connectivity index (χ0) is 22.8. The van der Waals surface area contributed by atoms with Crippen molar-refractivity contribution in [1.82, 2.24) is 9.55 Å². The Bertz CT molecular complexity index is 1280. The van der Waals surface area contributed by atoms with E-state index in [1.165, 1.54) is 10.8 Å². The number of hydrogen-bond donors (Lipinski definition) is 1. The first-order valence-corrected chi connectivity index (χ1v) is 12.1. The van der Waals surface area contributed by atoms with Gasteiger partial charge >= 0.3 is 5.69 Å². The van der Waals surface area contributed by atoms with Gasteiger partial charge in [0.05, 0.1) is 36.5 Å². The summed E-state index contributed by atoms with van der Waals surface area (Å²) in [6.07, 6.45) is 3.18. The highest BCUT2D eigenvalue weighted by atomic mass is 32.2. The third-order valence-corrected chi connectivity index (χ3v) is 5.76. The Morgan fingerprint density at radius 1 is 1.16 bits per heavy atom. The Hall–Kier alpha value is -3.00. The summed E-state index contributed by atoms with van der Waals surface area (Å²) in [7, 11) is -1.86. The fourth-order valence-corrected chi connectivity index (χ4v) is 4.57. The number of sulfone groups is 1. The van der Waals surface area contributed by atoms with E-state index >= 15 is 0 Å². The lowest BCUT2D eigenvalue weighted by molar-refractivity contribution is 0.310. The largest absolute Gasteiger partial charge is 0.493 e. The molecule has 1 heterocycles. The maximum absolute atomic E-state index is 12.9. The average molecular weight is 445 g/mol. The van der Waals surface area contributed by atoms with Gasteiger partial charge in [-0.3, -0.25) is 4.57 Å². The predicted molar refractivity (Wildman–Crippen MR) is 124 cm³/mol. The lowest BCUT2D eigenvalue weighted by atomic mass is 10.1.